The third kappa shape index (κ3) is 2.34. The maximum atomic E-state index is 11.5. The van der Waals surface area contributed by atoms with Crippen LogP contribution in [0.1, 0.15) is 11.6 Å². The van der Waals surface area contributed by atoms with Crippen LogP contribution in [0.4, 0.5) is 5.69 Å². The highest BCUT2D eigenvalue weighted by molar-refractivity contribution is 9.10. The smallest absolute Gasteiger partial charge is 0.245 e. The van der Waals surface area contributed by atoms with E-state index in [1.54, 1.807) is 12.1 Å². The minimum Gasteiger partial charge on any atom is -0.457 e. The van der Waals surface area contributed by atoms with Gasteiger partial charge in [0.2, 0.25) is 5.91 Å². The lowest BCUT2D eigenvalue weighted by Gasteiger charge is -2.08. The molecule has 19 heavy (non-hydrogen) atoms. The van der Waals surface area contributed by atoms with Crippen molar-refractivity contribution in [2.45, 2.75) is 6.04 Å². The van der Waals surface area contributed by atoms with Crippen LogP contribution >= 0.6 is 15.9 Å². The molecule has 4 nitrogen and oxygen atoms in total. The van der Waals surface area contributed by atoms with Gasteiger partial charge in [-0.1, -0.05) is 22.0 Å². The van der Waals surface area contributed by atoms with Gasteiger partial charge in [-0.3, -0.25) is 4.79 Å². The minimum absolute atomic E-state index is 0.184. The van der Waals surface area contributed by atoms with Gasteiger partial charge in [-0.15, -0.1) is 0 Å². The Kier molecular flexibility index (Phi) is 3.00. The van der Waals surface area contributed by atoms with Gasteiger partial charge in [0.15, 0.2) is 0 Å². The quantitative estimate of drug-likeness (QED) is 0.893. The third-order valence-corrected chi connectivity index (χ3v) is 3.48. The fraction of sp³-hybridized carbons (Fsp3) is 0.0714. The Labute approximate surface area is 118 Å². The van der Waals surface area contributed by atoms with Crippen LogP contribution in [0.2, 0.25) is 0 Å². The summed E-state index contributed by atoms with van der Waals surface area (Å²) in [5, 5.41) is 2.73. The molecule has 0 saturated heterocycles. The van der Waals surface area contributed by atoms with Crippen LogP contribution in [0.3, 0.4) is 0 Å². The number of nitrogens with one attached hydrogen (secondary N) is 1. The van der Waals surface area contributed by atoms with E-state index in [2.05, 4.69) is 21.2 Å². The maximum absolute atomic E-state index is 11.5. The van der Waals surface area contributed by atoms with Gasteiger partial charge in [-0.25, -0.2) is 0 Å². The number of ether oxygens (including phenoxy) is 1. The number of halogens is 1. The first-order valence-corrected chi connectivity index (χ1v) is 6.56. The van der Waals surface area contributed by atoms with E-state index < -0.39 is 6.04 Å². The molecule has 0 fully saturated rings. The molecule has 3 rings (SSSR count). The molecule has 1 aliphatic rings. The van der Waals surface area contributed by atoms with Crippen LogP contribution in [0.15, 0.2) is 46.9 Å². The molecule has 3 N–H and O–H groups in total. The second-order valence-electron chi connectivity index (χ2n) is 4.27. The van der Waals surface area contributed by atoms with Crippen LogP contribution in [-0.4, -0.2) is 5.91 Å². The molecule has 96 valence electrons. The molecule has 1 heterocycles. The summed E-state index contributed by atoms with van der Waals surface area (Å²) in [6.07, 6.45) is 0. The zero-order valence-electron chi connectivity index (χ0n) is 9.89. The highest BCUT2D eigenvalue weighted by Gasteiger charge is 2.27. The molecule has 1 aliphatic heterocycles. The number of rotatable bonds is 2. The molecule has 0 aromatic heterocycles. The first kappa shape index (κ1) is 12.2. The van der Waals surface area contributed by atoms with Crippen LogP contribution in [0.25, 0.3) is 0 Å². The lowest BCUT2D eigenvalue weighted by molar-refractivity contribution is -0.116. The average Bonchev–Trinajstić information content (AvgIpc) is 2.68. The van der Waals surface area contributed by atoms with E-state index in [0.29, 0.717) is 11.4 Å². The molecule has 1 amide bonds. The Morgan fingerprint density at radius 3 is 2.53 bits per heavy atom. The number of hydrogen-bond acceptors (Lipinski definition) is 3. The molecule has 0 radical (unpaired) electrons. The number of carbonyl (C=O) groups is 1. The summed E-state index contributed by atoms with van der Waals surface area (Å²) in [6, 6.07) is 12.3. The molecular formula is C14H11BrN2O2. The molecule has 0 saturated carbocycles. The SMILES string of the molecule is NC1C(=O)Nc2cc(Oc3ccc(Br)cc3)ccc21. The summed E-state index contributed by atoms with van der Waals surface area (Å²) in [7, 11) is 0. The van der Waals surface area contributed by atoms with Crippen molar-refractivity contribution >= 4 is 27.5 Å². The Hall–Kier alpha value is -1.85. The van der Waals surface area contributed by atoms with Crippen molar-refractivity contribution in [3.8, 4) is 11.5 Å². The Balaban J connectivity index is 1.86. The summed E-state index contributed by atoms with van der Waals surface area (Å²) < 4.78 is 6.71. The summed E-state index contributed by atoms with van der Waals surface area (Å²) in [5.41, 5.74) is 7.27. The fourth-order valence-electron chi connectivity index (χ4n) is 1.97. The number of hydrogen-bond donors (Lipinski definition) is 2. The second-order valence-corrected chi connectivity index (χ2v) is 5.19. The zero-order chi connectivity index (χ0) is 13.4. The van der Waals surface area contributed by atoms with Gasteiger partial charge in [0.1, 0.15) is 17.5 Å². The predicted octanol–water partition coefficient (Wildman–Crippen LogP) is 3.19. The zero-order valence-corrected chi connectivity index (χ0v) is 11.5. The van der Waals surface area contributed by atoms with E-state index in [0.717, 1.165) is 15.8 Å². The summed E-state index contributed by atoms with van der Waals surface area (Å²) in [6.45, 7) is 0. The minimum atomic E-state index is -0.586. The second kappa shape index (κ2) is 4.68. The van der Waals surface area contributed by atoms with E-state index in [1.807, 2.05) is 30.3 Å². The molecule has 0 spiro atoms. The average molecular weight is 319 g/mol. The van der Waals surface area contributed by atoms with Crippen LogP contribution < -0.4 is 15.8 Å². The summed E-state index contributed by atoms with van der Waals surface area (Å²) in [4.78, 5) is 11.5. The van der Waals surface area contributed by atoms with E-state index in [9.17, 15) is 4.79 Å². The van der Waals surface area contributed by atoms with Gasteiger partial charge >= 0.3 is 0 Å². The van der Waals surface area contributed by atoms with Crippen molar-refractivity contribution in [2.24, 2.45) is 5.73 Å². The number of nitrogens with two attached hydrogens (primary N) is 1. The van der Waals surface area contributed by atoms with Gasteiger partial charge in [0.25, 0.3) is 0 Å². The normalized spacial score (nSPS) is 16.9. The molecule has 0 aliphatic carbocycles. The Morgan fingerprint density at radius 2 is 1.79 bits per heavy atom. The van der Waals surface area contributed by atoms with E-state index in [1.165, 1.54) is 0 Å². The number of carbonyl (C=O) groups excluding carboxylic acids is 1. The first-order chi connectivity index (χ1) is 9.13. The molecular weight excluding hydrogens is 308 g/mol. The molecule has 5 heteroatoms. The molecule has 1 atom stereocenters. The van der Waals surface area contributed by atoms with E-state index in [-0.39, 0.29) is 5.91 Å². The summed E-state index contributed by atoms with van der Waals surface area (Å²) >= 11 is 3.37. The third-order valence-electron chi connectivity index (χ3n) is 2.95. The highest BCUT2D eigenvalue weighted by atomic mass is 79.9. The van der Waals surface area contributed by atoms with Crippen molar-refractivity contribution in [3.05, 3.63) is 52.5 Å². The van der Waals surface area contributed by atoms with E-state index >= 15 is 0 Å². The number of amides is 1. The van der Waals surface area contributed by atoms with Gasteiger partial charge in [0, 0.05) is 21.8 Å². The molecule has 2 aromatic rings. The summed E-state index contributed by atoms with van der Waals surface area (Å²) in [5.74, 6) is 1.21. The molecule has 2 aromatic carbocycles. The molecule has 1 unspecified atom stereocenters. The van der Waals surface area contributed by atoms with Crippen LogP contribution in [0, 0.1) is 0 Å². The molecule has 0 bridgehead atoms. The van der Waals surface area contributed by atoms with E-state index in [4.69, 9.17) is 10.5 Å². The highest BCUT2D eigenvalue weighted by Crippen LogP contribution is 2.34. The van der Waals surface area contributed by atoms with Gasteiger partial charge in [-0.2, -0.15) is 0 Å². The van der Waals surface area contributed by atoms with Crippen molar-refractivity contribution in [2.75, 3.05) is 5.32 Å². The lowest BCUT2D eigenvalue weighted by Crippen LogP contribution is -2.19. The van der Waals surface area contributed by atoms with Crippen molar-refractivity contribution in [3.63, 3.8) is 0 Å². The van der Waals surface area contributed by atoms with Crippen LogP contribution in [0.5, 0.6) is 11.5 Å². The first-order valence-electron chi connectivity index (χ1n) is 5.77. The van der Waals surface area contributed by atoms with Crippen LogP contribution in [-0.2, 0) is 4.79 Å². The lowest BCUT2D eigenvalue weighted by atomic mass is 10.1. The monoisotopic (exact) mass is 318 g/mol. The Bertz CT molecular complexity index is 640. The number of benzene rings is 2. The van der Waals surface area contributed by atoms with Crippen molar-refractivity contribution < 1.29 is 9.53 Å². The van der Waals surface area contributed by atoms with Gasteiger partial charge in [-0.05, 0) is 30.3 Å². The predicted molar refractivity (Wildman–Crippen MR) is 76.2 cm³/mol. The number of fused-ring (bicyclic) bond motifs is 1. The number of anilines is 1. The van der Waals surface area contributed by atoms with Gasteiger partial charge in [0.05, 0.1) is 0 Å². The topological polar surface area (TPSA) is 64.4 Å². The largest absolute Gasteiger partial charge is 0.457 e. The van der Waals surface area contributed by atoms with Crippen molar-refractivity contribution in [1.29, 1.82) is 0 Å². The Morgan fingerprint density at radius 1 is 1.11 bits per heavy atom. The fourth-order valence-corrected chi connectivity index (χ4v) is 2.23. The van der Waals surface area contributed by atoms with Crippen molar-refractivity contribution in [1.82, 2.24) is 0 Å². The van der Waals surface area contributed by atoms with Gasteiger partial charge < -0.3 is 15.8 Å². The maximum Gasteiger partial charge on any atom is 0.245 e. The standard InChI is InChI=1S/C14H11BrN2O2/c15-8-1-3-9(4-2-8)19-10-5-6-11-12(7-10)17-14(18)13(11)16/h1-7,13H,16H2,(H,17,18).